The van der Waals surface area contributed by atoms with Gasteiger partial charge in [-0.15, -0.1) is 10.2 Å². The predicted molar refractivity (Wildman–Crippen MR) is 56.5 cm³/mol. The highest BCUT2D eigenvalue weighted by Crippen LogP contribution is 2.04. The molecule has 16 heavy (non-hydrogen) atoms. The first kappa shape index (κ1) is 8.84. The van der Waals surface area contributed by atoms with E-state index in [0.717, 1.165) is 11.5 Å². The fourth-order valence-corrected chi connectivity index (χ4v) is 1.52. The second kappa shape index (κ2) is 3.30. The Morgan fingerprint density at radius 2 is 2.19 bits per heavy atom. The smallest absolute Gasteiger partial charge is 0.179 e. The molecule has 0 saturated carbocycles. The van der Waals surface area contributed by atoms with E-state index in [9.17, 15) is 0 Å². The van der Waals surface area contributed by atoms with Crippen LogP contribution in [0, 0.1) is 0 Å². The second-order valence-electron chi connectivity index (χ2n) is 3.39. The third-order valence-corrected chi connectivity index (χ3v) is 2.24. The minimum Gasteiger partial charge on any atom is -0.396 e. The van der Waals surface area contributed by atoms with Crippen LogP contribution in [0.2, 0.25) is 0 Å². The van der Waals surface area contributed by atoms with Gasteiger partial charge in [0.15, 0.2) is 11.5 Å². The molecule has 3 aromatic rings. The monoisotopic (exact) mass is 215 g/mol. The molecule has 3 heterocycles. The van der Waals surface area contributed by atoms with Gasteiger partial charge >= 0.3 is 0 Å². The summed E-state index contributed by atoms with van der Waals surface area (Å²) in [6.07, 6.45) is 8.52. The lowest BCUT2D eigenvalue weighted by Crippen LogP contribution is -2.04. The number of fused-ring (bicyclic) bond motifs is 1. The maximum atomic E-state index is 5.58. The van der Waals surface area contributed by atoms with Gasteiger partial charge in [0.1, 0.15) is 6.54 Å². The molecule has 0 aliphatic rings. The van der Waals surface area contributed by atoms with E-state index in [1.165, 1.54) is 0 Å². The van der Waals surface area contributed by atoms with Crippen molar-refractivity contribution in [3.8, 4) is 0 Å². The van der Waals surface area contributed by atoms with E-state index in [4.69, 9.17) is 5.73 Å². The van der Waals surface area contributed by atoms with Gasteiger partial charge < -0.3 is 5.73 Å². The molecule has 0 aromatic carbocycles. The van der Waals surface area contributed by atoms with Crippen molar-refractivity contribution >= 4 is 11.3 Å². The van der Waals surface area contributed by atoms with Crippen molar-refractivity contribution in [2.75, 3.05) is 5.73 Å². The van der Waals surface area contributed by atoms with Crippen LogP contribution in [-0.4, -0.2) is 29.4 Å². The van der Waals surface area contributed by atoms with Crippen LogP contribution in [0.25, 0.3) is 5.65 Å². The number of anilines is 1. The van der Waals surface area contributed by atoms with Crippen LogP contribution in [-0.2, 0) is 6.54 Å². The molecule has 0 fully saturated rings. The Kier molecular flexibility index (Phi) is 1.82. The van der Waals surface area contributed by atoms with Gasteiger partial charge in [-0.05, 0) is 0 Å². The summed E-state index contributed by atoms with van der Waals surface area (Å²) in [5.74, 6) is 0.792. The number of nitrogen functional groups attached to an aromatic ring is 1. The average molecular weight is 215 g/mol. The maximum absolute atomic E-state index is 5.58. The molecule has 7 heteroatoms. The molecule has 0 atom stereocenters. The Bertz CT molecular complexity index is 623. The van der Waals surface area contributed by atoms with Gasteiger partial charge in [-0.25, -0.2) is 0 Å². The molecule has 0 radical (unpaired) electrons. The Morgan fingerprint density at radius 1 is 1.25 bits per heavy atom. The number of aromatic nitrogens is 6. The standard InChI is InChI=1S/C9H9N7/c10-7-3-12-15(5-7)6-9-14-13-8-4-11-1-2-16(8)9/h1-5H,6,10H2. The molecule has 0 saturated heterocycles. The van der Waals surface area contributed by atoms with Gasteiger partial charge in [-0.1, -0.05) is 0 Å². The molecule has 80 valence electrons. The van der Waals surface area contributed by atoms with E-state index in [1.54, 1.807) is 29.5 Å². The molecule has 2 N–H and O–H groups in total. The van der Waals surface area contributed by atoms with Gasteiger partial charge in [0.25, 0.3) is 0 Å². The van der Waals surface area contributed by atoms with Crippen molar-refractivity contribution in [2.45, 2.75) is 6.54 Å². The third-order valence-electron chi connectivity index (χ3n) is 2.24. The molecule has 0 amide bonds. The summed E-state index contributed by atoms with van der Waals surface area (Å²) in [5.41, 5.74) is 6.94. The topological polar surface area (TPSA) is 86.9 Å². The highest BCUT2D eigenvalue weighted by molar-refractivity contribution is 5.34. The number of rotatable bonds is 2. The highest BCUT2D eigenvalue weighted by atomic mass is 15.3. The summed E-state index contributed by atoms with van der Waals surface area (Å²) in [5, 5.41) is 12.2. The largest absolute Gasteiger partial charge is 0.396 e. The SMILES string of the molecule is Nc1cnn(Cc2nnc3cnccn23)c1. The van der Waals surface area contributed by atoms with Gasteiger partial charge in [0.05, 0.1) is 18.1 Å². The minimum absolute atomic E-state index is 0.530. The summed E-state index contributed by atoms with van der Waals surface area (Å²) < 4.78 is 3.58. The zero-order valence-corrected chi connectivity index (χ0v) is 8.35. The average Bonchev–Trinajstić information content (AvgIpc) is 2.87. The summed E-state index contributed by atoms with van der Waals surface area (Å²) >= 11 is 0. The van der Waals surface area contributed by atoms with Crippen LogP contribution in [0.4, 0.5) is 5.69 Å². The first-order chi connectivity index (χ1) is 7.83. The summed E-state index contributed by atoms with van der Waals surface area (Å²) in [4.78, 5) is 3.97. The van der Waals surface area contributed by atoms with Crippen molar-refractivity contribution in [1.82, 2.24) is 29.4 Å². The van der Waals surface area contributed by atoms with Gasteiger partial charge in [-0.3, -0.25) is 14.1 Å². The number of hydrogen-bond donors (Lipinski definition) is 1. The normalized spacial score (nSPS) is 11.0. The van der Waals surface area contributed by atoms with E-state index in [2.05, 4.69) is 20.3 Å². The van der Waals surface area contributed by atoms with Gasteiger partial charge in [0.2, 0.25) is 0 Å². The van der Waals surface area contributed by atoms with Crippen LogP contribution in [0.3, 0.4) is 0 Å². The molecular weight excluding hydrogens is 206 g/mol. The number of nitrogens with two attached hydrogens (primary N) is 1. The van der Waals surface area contributed by atoms with E-state index in [0.29, 0.717) is 12.2 Å². The van der Waals surface area contributed by atoms with Crippen molar-refractivity contribution in [2.24, 2.45) is 0 Å². The molecule has 0 aliphatic heterocycles. The Labute approximate surface area is 90.5 Å². The van der Waals surface area contributed by atoms with E-state index in [-0.39, 0.29) is 0 Å². The minimum atomic E-state index is 0.530. The summed E-state index contributed by atoms with van der Waals surface area (Å²) in [7, 11) is 0. The van der Waals surface area contributed by atoms with Crippen LogP contribution < -0.4 is 5.73 Å². The lowest BCUT2D eigenvalue weighted by Gasteiger charge is -1.99. The summed E-state index contributed by atoms with van der Waals surface area (Å²) in [6, 6.07) is 0. The van der Waals surface area contributed by atoms with Crippen molar-refractivity contribution < 1.29 is 0 Å². The van der Waals surface area contributed by atoms with Crippen LogP contribution >= 0.6 is 0 Å². The van der Waals surface area contributed by atoms with Crippen LogP contribution in [0.5, 0.6) is 0 Å². The predicted octanol–water partition coefficient (Wildman–Crippen LogP) is -0.0487. The lowest BCUT2D eigenvalue weighted by atomic mass is 10.5. The molecule has 0 unspecified atom stereocenters. The van der Waals surface area contributed by atoms with E-state index in [1.807, 2.05) is 10.6 Å². The lowest BCUT2D eigenvalue weighted by molar-refractivity contribution is 0.649. The Morgan fingerprint density at radius 3 is 3.00 bits per heavy atom. The van der Waals surface area contributed by atoms with Gasteiger partial charge in [0, 0.05) is 18.6 Å². The fourth-order valence-electron chi connectivity index (χ4n) is 1.52. The highest BCUT2D eigenvalue weighted by Gasteiger charge is 2.05. The van der Waals surface area contributed by atoms with Crippen LogP contribution in [0.1, 0.15) is 5.82 Å². The molecule has 0 bridgehead atoms. The van der Waals surface area contributed by atoms with Crippen LogP contribution in [0.15, 0.2) is 31.0 Å². The number of nitrogens with zero attached hydrogens (tertiary/aromatic N) is 6. The zero-order valence-electron chi connectivity index (χ0n) is 8.35. The first-order valence-electron chi connectivity index (χ1n) is 4.74. The molecule has 0 spiro atoms. The van der Waals surface area contributed by atoms with E-state index >= 15 is 0 Å². The summed E-state index contributed by atoms with van der Waals surface area (Å²) in [6.45, 7) is 0.530. The van der Waals surface area contributed by atoms with Crippen molar-refractivity contribution in [1.29, 1.82) is 0 Å². The van der Waals surface area contributed by atoms with Gasteiger partial charge in [-0.2, -0.15) is 5.10 Å². The third kappa shape index (κ3) is 1.38. The molecule has 3 rings (SSSR count). The number of hydrogen-bond acceptors (Lipinski definition) is 5. The molecule has 0 aliphatic carbocycles. The Balaban J connectivity index is 2.00. The Hall–Kier alpha value is -2.44. The quantitative estimate of drug-likeness (QED) is 0.647. The molecule has 7 nitrogen and oxygen atoms in total. The van der Waals surface area contributed by atoms with Crippen molar-refractivity contribution in [3.05, 3.63) is 36.8 Å². The zero-order chi connectivity index (χ0) is 11.0. The first-order valence-corrected chi connectivity index (χ1v) is 4.74. The molecule has 3 aromatic heterocycles. The van der Waals surface area contributed by atoms with E-state index < -0.39 is 0 Å². The second-order valence-corrected chi connectivity index (χ2v) is 3.39. The van der Waals surface area contributed by atoms with Crippen molar-refractivity contribution in [3.63, 3.8) is 0 Å². The maximum Gasteiger partial charge on any atom is 0.179 e. The molecular formula is C9H9N7. The fraction of sp³-hybridized carbons (Fsp3) is 0.111.